The second-order valence-corrected chi connectivity index (χ2v) is 6.29. The van der Waals surface area contributed by atoms with Crippen LogP contribution in [0.5, 0.6) is 0 Å². The summed E-state index contributed by atoms with van der Waals surface area (Å²) in [6, 6.07) is 0. The fraction of sp³-hybridized carbons (Fsp3) is 1.00. The number of hydrogen-bond acceptors (Lipinski definition) is 6. The first kappa shape index (κ1) is 20.1. The van der Waals surface area contributed by atoms with Crippen LogP contribution in [0.25, 0.3) is 0 Å². The quantitative estimate of drug-likeness (QED) is 0.318. The fourth-order valence-electron chi connectivity index (χ4n) is 1.85. The zero-order valence-corrected chi connectivity index (χ0v) is 13.1. The van der Waals surface area contributed by atoms with E-state index in [0.29, 0.717) is 5.75 Å². The number of aliphatic hydroxyl groups excluding tert-OH is 5. The van der Waals surface area contributed by atoms with Gasteiger partial charge in [-0.2, -0.15) is 11.8 Å². The lowest BCUT2D eigenvalue weighted by molar-refractivity contribution is -0.109. The van der Waals surface area contributed by atoms with Crippen molar-refractivity contribution >= 4 is 11.8 Å². The zero-order chi connectivity index (χ0) is 15.4. The third kappa shape index (κ3) is 9.15. The summed E-state index contributed by atoms with van der Waals surface area (Å²) < 4.78 is 0. The van der Waals surface area contributed by atoms with Crippen molar-refractivity contribution in [2.24, 2.45) is 0 Å². The van der Waals surface area contributed by atoms with Gasteiger partial charge in [-0.1, -0.05) is 39.0 Å². The van der Waals surface area contributed by atoms with E-state index in [0.717, 1.165) is 12.2 Å². The number of thioether (sulfide) groups is 1. The first-order valence-corrected chi connectivity index (χ1v) is 8.60. The number of unbranched alkanes of at least 4 members (excludes halogenated alkanes) is 5. The highest BCUT2D eigenvalue weighted by atomic mass is 32.2. The van der Waals surface area contributed by atoms with Gasteiger partial charge in [0.2, 0.25) is 0 Å². The van der Waals surface area contributed by atoms with Crippen molar-refractivity contribution < 1.29 is 25.5 Å². The summed E-state index contributed by atoms with van der Waals surface area (Å²) in [6.45, 7) is 1.54. The molecule has 5 nitrogen and oxygen atoms in total. The van der Waals surface area contributed by atoms with E-state index in [9.17, 15) is 20.4 Å². The van der Waals surface area contributed by atoms with E-state index in [1.165, 1.54) is 43.9 Å². The highest BCUT2D eigenvalue weighted by molar-refractivity contribution is 7.99. The standard InChI is InChI=1S/C14H30O5S/c1-2-3-4-5-6-7-8-20-10-12(17)14(19)13(18)11(16)9-15/h11-19H,2-10H2,1H3/t11-,12-,13-,14-/m1/s1. The van der Waals surface area contributed by atoms with E-state index >= 15 is 0 Å². The first-order chi connectivity index (χ1) is 9.54. The maximum Gasteiger partial charge on any atom is 0.111 e. The third-order valence-electron chi connectivity index (χ3n) is 3.26. The van der Waals surface area contributed by atoms with Crippen molar-refractivity contribution in [2.45, 2.75) is 69.9 Å². The molecule has 0 spiro atoms. The predicted molar refractivity (Wildman–Crippen MR) is 81.8 cm³/mol. The maximum absolute atomic E-state index is 9.68. The lowest BCUT2D eigenvalue weighted by atomic mass is 10.0. The SMILES string of the molecule is CCCCCCCCSC[C@@H](O)[C@@H](O)[C@H](O)[C@H](O)CO. The van der Waals surface area contributed by atoms with Crippen LogP contribution in [-0.2, 0) is 0 Å². The predicted octanol–water partition coefficient (Wildman–Crippen LogP) is 0.516. The van der Waals surface area contributed by atoms with Crippen LogP contribution in [0.3, 0.4) is 0 Å². The Morgan fingerprint density at radius 2 is 1.35 bits per heavy atom. The topological polar surface area (TPSA) is 101 Å². The van der Waals surface area contributed by atoms with Crippen LogP contribution in [0.2, 0.25) is 0 Å². The molecule has 5 N–H and O–H groups in total. The molecule has 0 aliphatic rings. The van der Waals surface area contributed by atoms with Gasteiger partial charge < -0.3 is 25.5 Å². The normalized spacial score (nSPS) is 17.7. The lowest BCUT2D eigenvalue weighted by Gasteiger charge is -2.25. The van der Waals surface area contributed by atoms with Crippen LogP contribution in [0.1, 0.15) is 45.4 Å². The molecule has 6 heteroatoms. The minimum atomic E-state index is -1.52. The molecular weight excluding hydrogens is 280 g/mol. The highest BCUT2D eigenvalue weighted by Crippen LogP contribution is 2.14. The number of rotatable bonds is 13. The van der Waals surface area contributed by atoms with E-state index in [-0.39, 0.29) is 0 Å². The van der Waals surface area contributed by atoms with Gasteiger partial charge in [0, 0.05) is 5.75 Å². The van der Waals surface area contributed by atoms with Gasteiger partial charge in [0.25, 0.3) is 0 Å². The van der Waals surface area contributed by atoms with E-state index < -0.39 is 31.0 Å². The van der Waals surface area contributed by atoms with Gasteiger partial charge in [0.1, 0.15) is 18.3 Å². The Hall–Kier alpha value is 0.150. The van der Waals surface area contributed by atoms with Crippen LogP contribution < -0.4 is 0 Å². The molecule has 0 aromatic carbocycles. The van der Waals surface area contributed by atoms with Crippen LogP contribution in [0.4, 0.5) is 0 Å². The molecule has 0 aliphatic heterocycles. The molecule has 0 saturated carbocycles. The molecule has 20 heavy (non-hydrogen) atoms. The molecule has 0 amide bonds. The van der Waals surface area contributed by atoms with E-state index in [4.69, 9.17) is 5.11 Å². The maximum atomic E-state index is 9.68. The Morgan fingerprint density at radius 3 is 1.95 bits per heavy atom. The van der Waals surface area contributed by atoms with Gasteiger partial charge in [-0.25, -0.2) is 0 Å². The summed E-state index contributed by atoms with van der Waals surface area (Å²) >= 11 is 1.52. The zero-order valence-electron chi connectivity index (χ0n) is 12.3. The minimum Gasteiger partial charge on any atom is -0.394 e. The van der Waals surface area contributed by atoms with Crippen LogP contribution >= 0.6 is 11.8 Å². The van der Waals surface area contributed by atoms with Crippen molar-refractivity contribution in [1.29, 1.82) is 0 Å². The molecule has 0 saturated heterocycles. The molecule has 0 rings (SSSR count). The lowest BCUT2D eigenvalue weighted by Crippen LogP contribution is -2.46. The number of aliphatic hydroxyl groups is 5. The largest absolute Gasteiger partial charge is 0.394 e. The van der Waals surface area contributed by atoms with Gasteiger partial charge >= 0.3 is 0 Å². The molecular formula is C14H30O5S. The summed E-state index contributed by atoms with van der Waals surface area (Å²) in [7, 11) is 0. The Bertz CT molecular complexity index is 218. The third-order valence-corrected chi connectivity index (χ3v) is 4.41. The van der Waals surface area contributed by atoms with Gasteiger partial charge in [-0.05, 0) is 12.2 Å². The van der Waals surface area contributed by atoms with Gasteiger partial charge in [0.15, 0.2) is 0 Å². The van der Waals surface area contributed by atoms with Crippen molar-refractivity contribution in [2.75, 3.05) is 18.1 Å². The Morgan fingerprint density at radius 1 is 0.800 bits per heavy atom. The Balaban J connectivity index is 3.59. The molecule has 0 radical (unpaired) electrons. The monoisotopic (exact) mass is 310 g/mol. The van der Waals surface area contributed by atoms with Crippen molar-refractivity contribution in [3.8, 4) is 0 Å². The summed E-state index contributed by atoms with van der Waals surface area (Å²) in [5.41, 5.74) is 0. The number of hydrogen-bond donors (Lipinski definition) is 5. The van der Waals surface area contributed by atoms with Gasteiger partial charge in [0.05, 0.1) is 12.7 Å². The summed E-state index contributed by atoms with van der Waals surface area (Å²) in [5.74, 6) is 1.22. The summed E-state index contributed by atoms with van der Waals surface area (Å²) in [6.07, 6.45) is 1.80. The van der Waals surface area contributed by atoms with Crippen molar-refractivity contribution in [3.05, 3.63) is 0 Å². The Kier molecular flexibility index (Phi) is 13.0. The van der Waals surface area contributed by atoms with E-state index in [2.05, 4.69) is 6.92 Å². The molecule has 0 heterocycles. The molecule has 0 unspecified atom stereocenters. The summed E-state index contributed by atoms with van der Waals surface area (Å²) in [4.78, 5) is 0. The van der Waals surface area contributed by atoms with Crippen molar-refractivity contribution in [3.63, 3.8) is 0 Å². The van der Waals surface area contributed by atoms with Gasteiger partial charge in [-0.3, -0.25) is 0 Å². The smallest absolute Gasteiger partial charge is 0.111 e. The van der Waals surface area contributed by atoms with Crippen LogP contribution in [-0.4, -0.2) is 68.1 Å². The van der Waals surface area contributed by atoms with Crippen LogP contribution in [0.15, 0.2) is 0 Å². The highest BCUT2D eigenvalue weighted by Gasteiger charge is 2.29. The second-order valence-electron chi connectivity index (χ2n) is 5.14. The molecule has 0 fully saturated rings. The average Bonchev–Trinajstić information content (AvgIpc) is 2.47. The molecule has 0 bridgehead atoms. The average molecular weight is 310 g/mol. The minimum absolute atomic E-state index is 0.311. The fourth-order valence-corrected chi connectivity index (χ4v) is 2.86. The molecule has 0 aromatic heterocycles. The molecule has 122 valence electrons. The molecule has 4 atom stereocenters. The van der Waals surface area contributed by atoms with Gasteiger partial charge in [-0.15, -0.1) is 0 Å². The molecule has 0 aliphatic carbocycles. The van der Waals surface area contributed by atoms with Crippen molar-refractivity contribution in [1.82, 2.24) is 0 Å². The Labute approximate surface area is 126 Å². The van der Waals surface area contributed by atoms with E-state index in [1.807, 2.05) is 0 Å². The van der Waals surface area contributed by atoms with E-state index in [1.54, 1.807) is 0 Å². The first-order valence-electron chi connectivity index (χ1n) is 7.45. The summed E-state index contributed by atoms with van der Waals surface area (Å²) in [5, 5.41) is 46.6. The van der Waals surface area contributed by atoms with Crippen LogP contribution in [0, 0.1) is 0 Å². The molecule has 0 aromatic rings. The second kappa shape index (κ2) is 12.9.